The second-order valence-corrected chi connectivity index (χ2v) is 3.56. The third-order valence-corrected chi connectivity index (χ3v) is 1.08. The zero-order chi connectivity index (χ0) is 8.20. The third kappa shape index (κ3) is 6.05. The average Bonchev–Trinajstić information content (AvgIpc) is 1.59. The van der Waals surface area contributed by atoms with E-state index in [-0.39, 0.29) is 11.8 Å². The van der Waals surface area contributed by atoms with Crippen LogP contribution in [-0.4, -0.2) is 11.8 Å². The summed E-state index contributed by atoms with van der Waals surface area (Å²) in [6.45, 7) is 8.15. The molecule has 10 heavy (non-hydrogen) atoms. The van der Waals surface area contributed by atoms with Crippen molar-refractivity contribution in [2.75, 3.05) is 0 Å². The SMILES string of the molecule is CCCC(N)OC(C)(C)C. The van der Waals surface area contributed by atoms with E-state index in [1.807, 2.05) is 20.8 Å². The van der Waals surface area contributed by atoms with Crippen LogP contribution >= 0.6 is 0 Å². The van der Waals surface area contributed by atoms with Crippen molar-refractivity contribution in [1.82, 2.24) is 0 Å². The fourth-order valence-electron chi connectivity index (χ4n) is 0.798. The molecule has 2 N–H and O–H groups in total. The first-order valence-corrected chi connectivity index (χ1v) is 3.89. The van der Waals surface area contributed by atoms with E-state index in [0.29, 0.717) is 0 Å². The maximum Gasteiger partial charge on any atom is 0.106 e. The van der Waals surface area contributed by atoms with Crippen LogP contribution in [0, 0.1) is 0 Å². The highest BCUT2D eigenvalue weighted by Gasteiger charge is 2.14. The van der Waals surface area contributed by atoms with Crippen molar-refractivity contribution in [1.29, 1.82) is 0 Å². The molecule has 0 bridgehead atoms. The zero-order valence-electron chi connectivity index (χ0n) is 7.48. The lowest BCUT2D eigenvalue weighted by Crippen LogP contribution is -2.33. The van der Waals surface area contributed by atoms with Crippen LogP contribution in [0.2, 0.25) is 0 Å². The van der Waals surface area contributed by atoms with Crippen molar-refractivity contribution in [2.24, 2.45) is 5.73 Å². The Kier molecular flexibility index (Phi) is 3.91. The molecule has 0 aromatic carbocycles. The molecule has 0 amide bonds. The Morgan fingerprint density at radius 3 is 2.20 bits per heavy atom. The molecular weight excluding hydrogens is 126 g/mol. The van der Waals surface area contributed by atoms with Gasteiger partial charge >= 0.3 is 0 Å². The molecule has 0 rings (SSSR count). The molecule has 0 radical (unpaired) electrons. The van der Waals surface area contributed by atoms with E-state index in [0.717, 1.165) is 12.8 Å². The van der Waals surface area contributed by atoms with Gasteiger partial charge in [0, 0.05) is 0 Å². The fourth-order valence-corrected chi connectivity index (χ4v) is 0.798. The van der Waals surface area contributed by atoms with E-state index in [1.165, 1.54) is 0 Å². The Labute approximate surface area is 63.7 Å². The standard InChI is InChI=1S/C8H19NO/c1-5-6-7(9)10-8(2,3)4/h7H,5-6,9H2,1-4H3. The molecule has 62 valence electrons. The van der Waals surface area contributed by atoms with Crippen LogP contribution in [0.4, 0.5) is 0 Å². The Morgan fingerprint density at radius 1 is 1.40 bits per heavy atom. The Hall–Kier alpha value is -0.0800. The molecule has 0 saturated heterocycles. The number of hydrogen-bond donors (Lipinski definition) is 1. The van der Waals surface area contributed by atoms with Gasteiger partial charge in [-0.15, -0.1) is 0 Å². The van der Waals surface area contributed by atoms with Crippen molar-refractivity contribution in [3.8, 4) is 0 Å². The summed E-state index contributed by atoms with van der Waals surface area (Å²) >= 11 is 0. The summed E-state index contributed by atoms with van der Waals surface area (Å²) < 4.78 is 5.46. The van der Waals surface area contributed by atoms with Gasteiger partial charge in [0.15, 0.2) is 0 Å². The van der Waals surface area contributed by atoms with Gasteiger partial charge in [0.25, 0.3) is 0 Å². The quantitative estimate of drug-likeness (QED) is 0.615. The summed E-state index contributed by atoms with van der Waals surface area (Å²) in [5, 5.41) is 0. The van der Waals surface area contributed by atoms with Crippen molar-refractivity contribution >= 4 is 0 Å². The summed E-state index contributed by atoms with van der Waals surface area (Å²) in [6.07, 6.45) is 1.93. The number of nitrogens with two attached hydrogens (primary N) is 1. The van der Waals surface area contributed by atoms with E-state index in [2.05, 4.69) is 6.92 Å². The molecule has 0 aliphatic heterocycles. The minimum Gasteiger partial charge on any atom is -0.358 e. The van der Waals surface area contributed by atoms with E-state index < -0.39 is 0 Å². The molecule has 0 saturated carbocycles. The summed E-state index contributed by atoms with van der Waals surface area (Å²) in [4.78, 5) is 0. The van der Waals surface area contributed by atoms with Gasteiger partial charge in [-0.05, 0) is 27.2 Å². The summed E-state index contributed by atoms with van der Waals surface area (Å²) in [5.41, 5.74) is 5.55. The van der Waals surface area contributed by atoms with E-state index in [1.54, 1.807) is 0 Å². The third-order valence-electron chi connectivity index (χ3n) is 1.08. The second-order valence-electron chi connectivity index (χ2n) is 3.56. The summed E-state index contributed by atoms with van der Waals surface area (Å²) in [7, 11) is 0. The first-order valence-electron chi connectivity index (χ1n) is 3.89. The number of hydrogen-bond acceptors (Lipinski definition) is 2. The van der Waals surface area contributed by atoms with Gasteiger partial charge in [-0.2, -0.15) is 0 Å². The Balaban J connectivity index is 3.47. The lowest BCUT2D eigenvalue weighted by molar-refractivity contribution is -0.0599. The Bertz CT molecular complexity index is 85.7. The Morgan fingerprint density at radius 2 is 1.90 bits per heavy atom. The minimum atomic E-state index is -0.103. The van der Waals surface area contributed by atoms with Crippen LogP contribution in [0.1, 0.15) is 40.5 Å². The highest BCUT2D eigenvalue weighted by atomic mass is 16.5. The van der Waals surface area contributed by atoms with Crippen LogP contribution in [0.5, 0.6) is 0 Å². The summed E-state index contributed by atoms with van der Waals surface area (Å²) in [5.74, 6) is 0. The second kappa shape index (κ2) is 3.94. The highest BCUT2D eigenvalue weighted by Crippen LogP contribution is 2.10. The number of rotatable bonds is 3. The first kappa shape index (κ1) is 9.92. The largest absolute Gasteiger partial charge is 0.358 e. The number of ether oxygens (including phenoxy) is 1. The molecule has 0 heterocycles. The average molecular weight is 145 g/mol. The van der Waals surface area contributed by atoms with Crippen LogP contribution in [0.3, 0.4) is 0 Å². The van der Waals surface area contributed by atoms with Crippen LogP contribution in [0.15, 0.2) is 0 Å². The normalized spacial score (nSPS) is 15.3. The van der Waals surface area contributed by atoms with Gasteiger partial charge < -0.3 is 10.5 Å². The van der Waals surface area contributed by atoms with Gasteiger partial charge in [-0.25, -0.2) is 0 Å². The molecule has 0 fully saturated rings. The zero-order valence-corrected chi connectivity index (χ0v) is 7.48. The van der Waals surface area contributed by atoms with Crippen LogP contribution < -0.4 is 5.73 Å². The van der Waals surface area contributed by atoms with Gasteiger partial charge in [-0.3, -0.25) is 0 Å². The lowest BCUT2D eigenvalue weighted by atomic mass is 10.2. The molecule has 2 nitrogen and oxygen atoms in total. The predicted molar refractivity (Wildman–Crippen MR) is 43.7 cm³/mol. The first-order chi connectivity index (χ1) is 4.45. The van der Waals surface area contributed by atoms with Crippen LogP contribution in [0.25, 0.3) is 0 Å². The highest BCUT2D eigenvalue weighted by molar-refractivity contribution is 4.61. The van der Waals surface area contributed by atoms with Gasteiger partial charge in [0.1, 0.15) is 6.23 Å². The minimum absolute atomic E-state index is 0.0926. The molecule has 0 aliphatic carbocycles. The van der Waals surface area contributed by atoms with E-state index in [4.69, 9.17) is 10.5 Å². The van der Waals surface area contributed by atoms with Crippen molar-refractivity contribution in [3.05, 3.63) is 0 Å². The molecule has 1 atom stereocenters. The molecular formula is C8H19NO. The van der Waals surface area contributed by atoms with Crippen molar-refractivity contribution in [3.63, 3.8) is 0 Å². The van der Waals surface area contributed by atoms with Gasteiger partial charge in [-0.1, -0.05) is 13.3 Å². The molecule has 0 aromatic heterocycles. The van der Waals surface area contributed by atoms with Crippen molar-refractivity contribution in [2.45, 2.75) is 52.4 Å². The maximum atomic E-state index is 5.65. The monoisotopic (exact) mass is 145 g/mol. The molecule has 0 aromatic rings. The van der Waals surface area contributed by atoms with E-state index in [9.17, 15) is 0 Å². The molecule has 0 aliphatic rings. The predicted octanol–water partition coefficient (Wildman–Crippen LogP) is 1.89. The fraction of sp³-hybridized carbons (Fsp3) is 1.00. The smallest absolute Gasteiger partial charge is 0.106 e. The molecule has 0 spiro atoms. The van der Waals surface area contributed by atoms with Gasteiger partial charge in [0.2, 0.25) is 0 Å². The van der Waals surface area contributed by atoms with Crippen LogP contribution in [-0.2, 0) is 4.74 Å². The molecule has 2 heteroatoms. The topological polar surface area (TPSA) is 35.2 Å². The lowest BCUT2D eigenvalue weighted by Gasteiger charge is -2.24. The summed E-state index contributed by atoms with van der Waals surface area (Å²) in [6, 6.07) is 0. The van der Waals surface area contributed by atoms with Gasteiger partial charge in [0.05, 0.1) is 5.60 Å². The molecule has 1 unspecified atom stereocenters. The van der Waals surface area contributed by atoms with E-state index >= 15 is 0 Å². The van der Waals surface area contributed by atoms with Crippen molar-refractivity contribution < 1.29 is 4.74 Å². The maximum absolute atomic E-state index is 5.65.